The maximum Gasteiger partial charge on any atom is 0.335 e. The fourth-order valence-electron chi connectivity index (χ4n) is 2.08. The summed E-state index contributed by atoms with van der Waals surface area (Å²) in [6, 6.07) is 6.47. The summed E-state index contributed by atoms with van der Waals surface area (Å²) in [6.07, 6.45) is 4.50. The number of carboxylic acid groups (broad SMARTS) is 1. The molecule has 1 aromatic heterocycles. The number of rotatable bonds is 3. The van der Waals surface area contributed by atoms with Crippen LogP contribution >= 0.6 is 0 Å². The minimum atomic E-state index is -3.53. The first-order chi connectivity index (χ1) is 8.82. The first-order valence-corrected chi connectivity index (χ1v) is 7.42. The second-order valence-corrected chi connectivity index (χ2v) is 6.21. The zero-order chi connectivity index (χ0) is 14.2. The van der Waals surface area contributed by atoms with Gasteiger partial charge in [0.15, 0.2) is 9.84 Å². The molecule has 19 heavy (non-hydrogen) atoms. The molecule has 0 unspecified atom stereocenters. The van der Waals surface area contributed by atoms with Crippen LogP contribution in [0.2, 0.25) is 0 Å². The third-order valence-corrected chi connectivity index (χ3v) is 4.13. The number of nitrogens with zero attached hydrogens (tertiary/aromatic N) is 1. The van der Waals surface area contributed by atoms with Crippen molar-refractivity contribution in [1.29, 1.82) is 0 Å². The first kappa shape index (κ1) is 13.4. The van der Waals surface area contributed by atoms with Crippen molar-refractivity contribution in [2.45, 2.75) is 11.8 Å². The summed E-state index contributed by atoms with van der Waals surface area (Å²) < 4.78 is 25.5. The number of hydrogen-bond acceptors (Lipinski definition) is 3. The van der Waals surface area contributed by atoms with Gasteiger partial charge >= 0.3 is 5.97 Å². The summed E-state index contributed by atoms with van der Waals surface area (Å²) in [6.45, 7) is 1.51. The Balaban J connectivity index is 2.84. The molecule has 0 amide bonds. The van der Waals surface area contributed by atoms with Gasteiger partial charge in [-0.1, -0.05) is 0 Å². The maximum atomic E-state index is 11.9. The third kappa shape index (κ3) is 2.39. The molecule has 6 heteroatoms. The van der Waals surface area contributed by atoms with Crippen molar-refractivity contribution in [3.63, 3.8) is 0 Å². The van der Waals surface area contributed by atoms with E-state index in [1.807, 2.05) is 0 Å². The molecule has 100 valence electrons. The molecule has 1 heterocycles. The van der Waals surface area contributed by atoms with Gasteiger partial charge in [0.05, 0.1) is 16.1 Å². The van der Waals surface area contributed by atoms with Crippen LogP contribution in [0.4, 0.5) is 0 Å². The van der Waals surface area contributed by atoms with Gasteiger partial charge in [0.2, 0.25) is 0 Å². The number of benzene rings is 1. The van der Waals surface area contributed by atoms with Gasteiger partial charge in [-0.25, -0.2) is 13.2 Å². The predicted molar refractivity (Wildman–Crippen MR) is 70.6 cm³/mol. The standard InChI is InChI=1S/C13H13NO4S/c1-9-10(13(15)16)5-6-11(12(9)19(2,17)18)14-7-3-4-8-14/h3-8H,1-2H3,(H,15,16). The molecule has 0 saturated carbocycles. The topological polar surface area (TPSA) is 76.4 Å². The van der Waals surface area contributed by atoms with Crippen molar-refractivity contribution in [2.75, 3.05) is 6.26 Å². The van der Waals surface area contributed by atoms with Gasteiger partial charge in [-0.15, -0.1) is 0 Å². The minimum absolute atomic E-state index is 0.00340. The largest absolute Gasteiger partial charge is 0.478 e. The lowest BCUT2D eigenvalue weighted by molar-refractivity contribution is 0.0696. The van der Waals surface area contributed by atoms with Crippen LogP contribution in [0.3, 0.4) is 0 Å². The zero-order valence-corrected chi connectivity index (χ0v) is 11.3. The van der Waals surface area contributed by atoms with E-state index in [1.54, 1.807) is 29.1 Å². The first-order valence-electron chi connectivity index (χ1n) is 5.52. The molecule has 0 spiro atoms. The van der Waals surface area contributed by atoms with Crippen molar-refractivity contribution in [3.05, 3.63) is 47.8 Å². The highest BCUT2D eigenvalue weighted by Gasteiger charge is 2.22. The third-order valence-electron chi connectivity index (χ3n) is 2.87. The molecule has 0 bridgehead atoms. The molecule has 2 aromatic rings. The van der Waals surface area contributed by atoms with Gasteiger partial charge in [0.1, 0.15) is 0 Å². The number of aromatic carboxylic acids is 1. The molecule has 0 aliphatic heterocycles. The van der Waals surface area contributed by atoms with Crippen molar-refractivity contribution >= 4 is 15.8 Å². The summed E-state index contributed by atoms with van der Waals surface area (Å²) in [5, 5.41) is 9.08. The highest BCUT2D eigenvalue weighted by molar-refractivity contribution is 7.90. The monoisotopic (exact) mass is 279 g/mol. The van der Waals surface area contributed by atoms with Crippen molar-refractivity contribution in [1.82, 2.24) is 4.57 Å². The smallest absolute Gasteiger partial charge is 0.335 e. The second kappa shape index (κ2) is 4.55. The average Bonchev–Trinajstić information content (AvgIpc) is 2.79. The number of aromatic nitrogens is 1. The summed E-state index contributed by atoms with van der Waals surface area (Å²) in [4.78, 5) is 11.1. The Morgan fingerprint density at radius 2 is 1.79 bits per heavy atom. The molecule has 1 aromatic carbocycles. The van der Waals surface area contributed by atoms with Crippen LogP contribution in [0.5, 0.6) is 0 Å². The fraction of sp³-hybridized carbons (Fsp3) is 0.154. The van der Waals surface area contributed by atoms with E-state index in [-0.39, 0.29) is 16.0 Å². The number of hydrogen-bond donors (Lipinski definition) is 1. The highest BCUT2D eigenvalue weighted by atomic mass is 32.2. The van der Waals surface area contributed by atoms with Crippen LogP contribution in [0.1, 0.15) is 15.9 Å². The van der Waals surface area contributed by atoms with Crippen LogP contribution in [0.15, 0.2) is 41.6 Å². The van der Waals surface area contributed by atoms with Gasteiger partial charge in [0.25, 0.3) is 0 Å². The van der Waals surface area contributed by atoms with E-state index in [1.165, 1.54) is 19.1 Å². The van der Waals surface area contributed by atoms with E-state index in [0.29, 0.717) is 5.69 Å². The Morgan fingerprint density at radius 1 is 1.21 bits per heavy atom. The Hall–Kier alpha value is -2.08. The van der Waals surface area contributed by atoms with E-state index in [4.69, 9.17) is 5.11 Å². The molecule has 2 rings (SSSR count). The molecule has 0 fully saturated rings. The molecule has 0 aliphatic carbocycles. The Morgan fingerprint density at radius 3 is 2.26 bits per heavy atom. The Bertz CT molecular complexity index is 730. The van der Waals surface area contributed by atoms with E-state index >= 15 is 0 Å². The zero-order valence-electron chi connectivity index (χ0n) is 10.5. The van der Waals surface area contributed by atoms with Gasteiger partial charge < -0.3 is 9.67 Å². The summed E-state index contributed by atoms with van der Waals surface area (Å²) in [5.41, 5.74) is 0.701. The van der Waals surface area contributed by atoms with E-state index in [9.17, 15) is 13.2 Å². The molecule has 0 atom stereocenters. The van der Waals surface area contributed by atoms with Crippen LogP contribution in [-0.4, -0.2) is 30.3 Å². The van der Waals surface area contributed by atoms with Gasteiger partial charge in [-0.05, 0) is 36.8 Å². The van der Waals surface area contributed by atoms with Gasteiger partial charge in [-0.3, -0.25) is 0 Å². The quantitative estimate of drug-likeness (QED) is 0.930. The van der Waals surface area contributed by atoms with E-state index < -0.39 is 15.8 Å². The molecule has 5 nitrogen and oxygen atoms in total. The number of carboxylic acids is 1. The van der Waals surface area contributed by atoms with Crippen LogP contribution in [0.25, 0.3) is 5.69 Å². The van der Waals surface area contributed by atoms with E-state index in [2.05, 4.69) is 0 Å². The van der Waals surface area contributed by atoms with Crippen molar-refractivity contribution < 1.29 is 18.3 Å². The number of sulfone groups is 1. The normalized spacial score (nSPS) is 11.5. The molecular weight excluding hydrogens is 266 g/mol. The molecule has 0 saturated heterocycles. The van der Waals surface area contributed by atoms with Crippen molar-refractivity contribution in [2.24, 2.45) is 0 Å². The minimum Gasteiger partial charge on any atom is -0.478 e. The maximum absolute atomic E-state index is 11.9. The van der Waals surface area contributed by atoms with E-state index in [0.717, 1.165) is 6.26 Å². The van der Waals surface area contributed by atoms with Crippen molar-refractivity contribution in [3.8, 4) is 5.69 Å². The Labute approximate surface area is 111 Å². The highest BCUT2D eigenvalue weighted by Crippen LogP contribution is 2.27. The number of carbonyl (C=O) groups is 1. The van der Waals surface area contributed by atoms with Crippen LogP contribution < -0.4 is 0 Å². The lowest BCUT2D eigenvalue weighted by atomic mass is 10.1. The lowest BCUT2D eigenvalue weighted by Gasteiger charge is -2.14. The molecule has 1 N–H and O–H groups in total. The summed E-state index contributed by atoms with van der Waals surface area (Å²) in [5.74, 6) is -1.14. The molecule has 0 radical (unpaired) electrons. The van der Waals surface area contributed by atoms with Gasteiger partial charge in [0, 0.05) is 18.6 Å². The van der Waals surface area contributed by atoms with Crippen LogP contribution in [-0.2, 0) is 9.84 Å². The average molecular weight is 279 g/mol. The summed E-state index contributed by atoms with van der Waals surface area (Å²) >= 11 is 0. The SMILES string of the molecule is Cc1c(C(=O)O)ccc(-n2cccc2)c1S(C)(=O)=O. The van der Waals surface area contributed by atoms with Gasteiger partial charge in [-0.2, -0.15) is 0 Å². The lowest BCUT2D eigenvalue weighted by Crippen LogP contribution is -2.11. The van der Waals surface area contributed by atoms with Crippen LogP contribution in [0, 0.1) is 6.92 Å². The Kier molecular flexibility index (Phi) is 3.20. The predicted octanol–water partition coefficient (Wildman–Crippen LogP) is 1.89. The molecule has 0 aliphatic rings. The molecular formula is C13H13NO4S. The second-order valence-electron chi connectivity index (χ2n) is 4.25. The fourth-order valence-corrected chi connectivity index (χ4v) is 3.30. The summed E-state index contributed by atoms with van der Waals surface area (Å²) in [7, 11) is -3.53.